The van der Waals surface area contributed by atoms with Crippen LogP contribution in [0.2, 0.25) is 0 Å². The summed E-state index contributed by atoms with van der Waals surface area (Å²) in [5.41, 5.74) is 1.67. The van der Waals surface area contributed by atoms with E-state index < -0.39 is 0 Å². The predicted octanol–water partition coefficient (Wildman–Crippen LogP) is 3.59. The molecule has 1 aliphatic rings. The van der Waals surface area contributed by atoms with Crippen LogP contribution in [-0.4, -0.2) is 5.78 Å². The summed E-state index contributed by atoms with van der Waals surface area (Å²) in [4.78, 5) is 11.9. The van der Waals surface area contributed by atoms with Crippen LogP contribution in [0.1, 0.15) is 47.5 Å². The Morgan fingerprint density at radius 2 is 2.07 bits per heavy atom. The van der Waals surface area contributed by atoms with Gasteiger partial charge >= 0.3 is 0 Å². The summed E-state index contributed by atoms with van der Waals surface area (Å²) in [6, 6.07) is 0. The van der Waals surface area contributed by atoms with Crippen molar-refractivity contribution in [3.63, 3.8) is 0 Å². The lowest BCUT2D eigenvalue weighted by Gasteiger charge is -2.33. The highest BCUT2D eigenvalue weighted by molar-refractivity contribution is 5.84. The molecule has 0 fully saturated rings. The van der Waals surface area contributed by atoms with Crippen LogP contribution in [0.3, 0.4) is 0 Å². The molecule has 0 aromatic rings. The number of carbonyl (C=O) groups excluding carboxylic acids is 1. The molecule has 0 saturated carbocycles. The zero-order valence-corrected chi connectivity index (χ0v) is 10.1. The molecule has 0 amide bonds. The highest BCUT2D eigenvalue weighted by Gasteiger charge is 2.31. The Kier molecular flexibility index (Phi) is 3.18. The second kappa shape index (κ2) is 3.88. The number of allylic oxidation sites excluding steroid dienone is 2. The van der Waals surface area contributed by atoms with Crippen molar-refractivity contribution in [2.45, 2.75) is 47.5 Å². The standard InChI is InChI=1S/C13H22O/c1-9(2)12(14)11-6-10(3)7-13(4,5)8-11/h6,9,11H,7-8H2,1-5H3. The quantitative estimate of drug-likeness (QED) is 0.614. The normalized spacial score (nSPS) is 26.1. The van der Waals surface area contributed by atoms with Gasteiger partial charge in [0.05, 0.1) is 0 Å². The van der Waals surface area contributed by atoms with E-state index in [0.717, 1.165) is 12.8 Å². The van der Waals surface area contributed by atoms with Gasteiger partial charge in [0.1, 0.15) is 5.78 Å². The summed E-state index contributed by atoms with van der Waals surface area (Å²) in [6.45, 7) is 10.6. The Balaban J connectivity index is 2.81. The van der Waals surface area contributed by atoms with Crippen molar-refractivity contribution in [1.82, 2.24) is 0 Å². The first-order chi connectivity index (χ1) is 6.32. The number of ketones is 1. The summed E-state index contributed by atoms with van der Waals surface area (Å²) < 4.78 is 0. The van der Waals surface area contributed by atoms with E-state index in [1.807, 2.05) is 13.8 Å². The number of hydrogen-bond donors (Lipinski definition) is 0. The zero-order valence-electron chi connectivity index (χ0n) is 10.1. The Morgan fingerprint density at radius 1 is 1.50 bits per heavy atom. The fraction of sp³-hybridized carbons (Fsp3) is 0.769. The molecule has 0 radical (unpaired) electrons. The van der Waals surface area contributed by atoms with Crippen LogP contribution in [0.5, 0.6) is 0 Å². The van der Waals surface area contributed by atoms with Gasteiger partial charge < -0.3 is 0 Å². The fourth-order valence-corrected chi connectivity index (χ4v) is 2.49. The second-order valence-electron chi connectivity index (χ2n) is 5.72. The van der Waals surface area contributed by atoms with E-state index in [2.05, 4.69) is 26.8 Å². The SMILES string of the molecule is CC1=CC(C(=O)C(C)C)CC(C)(C)C1. The number of carbonyl (C=O) groups is 1. The third-order valence-electron chi connectivity index (χ3n) is 2.95. The van der Waals surface area contributed by atoms with Gasteiger partial charge in [-0.3, -0.25) is 4.79 Å². The second-order valence-corrected chi connectivity index (χ2v) is 5.72. The molecular formula is C13H22O. The maximum Gasteiger partial charge on any atom is 0.142 e. The highest BCUT2D eigenvalue weighted by atomic mass is 16.1. The molecule has 1 nitrogen and oxygen atoms in total. The number of rotatable bonds is 2. The third-order valence-corrected chi connectivity index (χ3v) is 2.95. The van der Waals surface area contributed by atoms with Gasteiger partial charge in [-0.05, 0) is 25.2 Å². The molecule has 0 N–H and O–H groups in total. The molecule has 0 bridgehead atoms. The van der Waals surface area contributed by atoms with Gasteiger partial charge in [-0.1, -0.05) is 39.3 Å². The van der Waals surface area contributed by atoms with E-state index in [-0.39, 0.29) is 11.8 Å². The van der Waals surface area contributed by atoms with Gasteiger partial charge in [0.15, 0.2) is 0 Å². The van der Waals surface area contributed by atoms with Crippen LogP contribution in [-0.2, 0) is 4.79 Å². The smallest absolute Gasteiger partial charge is 0.142 e. The molecule has 1 aliphatic carbocycles. The molecule has 0 aliphatic heterocycles. The molecule has 0 aromatic heterocycles. The first-order valence-electron chi connectivity index (χ1n) is 5.53. The predicted molar refractivity (Wildman–Crippen MR) is 60.1 cm³/mol. The molecule has 0 heterocycles. The van der Waals surface area contributed by atoms with Crippen LogP contribution in [0.15, 0.2) is 11.6 Å². The zero-order chi connectivity index (χ0) is 10.9. The molecule has 14 heavy (non-hydrogen) atoms. The van der Waals surface area contributed by atoms with E-state index in [0.29, 0.717) is 11.2 Å². The Hall–Kier alpha value is -0.590. The Morgan fingerprint density at radius 3 is 2.50 bits per heavy atom. The van der Waals surface area contributed by atoms with Gasteiger partial charge in [0.25, 0.3) is 0 Å². The molecule has 1 rings (SSSR count). The van der Waals surface area contributed by atoms with Crippen molar-refractivity contribution >= 4 is 5.78 Å². The lowest BCUT2D eigenvalue weighted by Crippen LogP contribution is -2.28. The van der Waals surface area contributed by atoms with E-state index in [1.54, 1.807) is 0 Å². The van der Waals surface area contributed by atoms with Crippen molar-refractivity contribution in [1.29, 1.82) is 0 Å². The summed E-state index contributed by atoms with van der Waals surface area (Å²) in [7, 11) is 0. The van der Waals surface area contributed by atoms with E-state index >= 15 is 0 Å². The van der Waals surface area contributed by atoms with Crippen LogP contribution in [0.4, 0.5) is 0 Å². The van der Waals surface area contributed by atoms with Crippen molar-refractivity contribution < 1.29 is 4.79 Å². The average molecular weight is 194 g/mol. The Bertz CT molecular complexity index is 258. The van der Waals surface area contributed by atoms with Gasteiger partial charge in [0.2, 0.25) is 0 Å². The highest BCUT2D eigenvalue weighted by Crippen LogP contribution is 2.38. The van der Waals surface area contributed by atoms with Gasteiger partial charge in [-0.25, -0.2) is 0 Å². The number of Topliss-reactive ketones (excluding diaryl/α,β-unsaturated/α-hetero) is 1. The maximum atomic E-state index is 11.9. The van der Waals surface area contributed by atoms with Gasteiger partial charge in [0, 0.05) is 11.8 Å². The van der Waals surface area contributed by atoms with Crippen LogP contribution >= 0.6 is 0 Å². The van der Waals surface area contributed by atoms with Crippen molar-refractivity contribution in [2.24, 2.45) is 17.3 Å². The maximum absolute atomic E-state index is 11.9. The van der Waals surface area contributed by atoms with Crippen LogP contribution in [0.25, 0.3) is 0 Å². The molecule has 0 saturated heterocycles. The molecule has 1 heteroatoms. The number of hydrogen-bond acceptors (Lipinski definition) is 1. The molecule has 80 valence electrons. The average Bonchev–Trinajstić information content (AvgIpc) is 1.98. The van der Waals surface area contributed by atoms with Crippen LogP contribution < -0.4 is 0 Å². The monoisotopic (exact) mass is 194 g/mol. The van der Waals surface area contributed by atoms with Gasteiger partial charge in [-0.2, -0.15) is 0 Å². The van der Waals surface area contributed by atoms with Crippen molar-refractivity contribution in [3.8, 4) is 0 Å². The van der Waals surface area contributed by atoms with Gasteiger partial charge in [-0.15, -0.1) is 0 Å². The summed E-state index contributed by atoms with van der Waals surface area (Å²) in [5, 5.41) is 0. The minimum absolute atomic E-state index is 0.165. The lowest BCUT2D eigenvalue weighted by atomic mass is 9.71. The summed E-state index contributed by atoms with van der Waals surface area (Å²) in [6.07, 6.45) is 4.32. The minimum Gasteiger partial charge on any atom is -0.299 e. The van der Waals surface area contributed by atoms with E-state index in [9.17, 15) is 4.79 Å². The fourth-order valence-electron chi connectivity index (χ4n) is 2.49. The first kappa shape index (κ1) is 11.5. The van der Waals surface area contributed by atoms with E-state index in [1.165, 1.54) is 5.57 Å². The summed E-state index contributed by atoms with van der Waals surface area (Å²) >= 11 is 0. The first-order valence-corrected chi connectivity index (χ1v) is 5.53. The lowest BCUT2D eigenvalue weighted by molar-refractivity contribution is -0.125. The summed E-state index contributed by atoms with van der Waals surface area (Å²) in [5.74, 6) is 0.730. The van der Waals surface area contributed by atoms with Crippen LogP contribution in [0, 0.1) is 17.3 Å². The molecule has 1 unspecified atom stereocenters. The Labute approximate surface area is 87.6 Å². The topological polar surface area (TPSA) is 17.1 Å². The molecular weight excluding hydrogens is 172 g/mol. The third kappa shape index (κ3) is 2.70. The molecule has 0 spiro atoms. The molecule has 0 aromatic carbocycles. The van der Waals surface area contributed by atoms with Crippen molar-refractivity contribution in [3.05, 3.63) is 11.6 Å². The molecule has 1 atom stereocenters. The minimum atomic E-state index is 0.165. The van der Waals surface area contributed by atoms with E-state index in [4.69, 9.17) is 0 Å². The largest absolute Gasteiger partial charge is 0.299 e. The van der Waals surface area contributed by atoms with Crippen molar-refractivity contribution in [2.75, 3.05) is 0 Å².